The van der Waals surface area contributed by atoms with Crippen molar-refractivity contribution >= 4 is 45.8 Å². The van der Waals surface area contributed by atoms with Gasteiger partial charge in [-0.3, -0.25) is 14.4 Å². The number of halogens is 2. The summed E-state index contributed by atoms with van der Waals surface area (Å²) < 4.78 is 1.18. The van der Waals surface area contributed by atoms with E-state index in [9.17, 15) is 14.4 Å². The van der Waals surface area contributed by atoms with Crippen molar-refractivity contribution in [1.29, 1.82) is 0 Å². The van der Waals surface area contributed by atoms with E-state index in [0.29, 0.717) is 47.2 Å². The SMILES string of the molecule is O=C(Cn1ncc2ccccc2c1=O)N1CCN(C(=O)c2cc(Cl)cc(Cl)c2)CC1. The zero-order chi connectivity index (χ0) is 21.3. The lowest BCUT2D eigenvalue weighted by Crippen LogP contribution is -2.51. The summed E-state index contributed by atoms with van der Waals surface area (Å²) in [6.07, 6.45) is 1.58. The van der Waals surface area contributed by atoms with Gasteiger partial charge in [-0.1, -0.05) is 41.4 Å². The highest BCUT2D eigenvalue weighted by Gasteiger charge is 2.25. The van der Waals surface area contributed by atoms with Crippen molar-refractivity contribution in [1.82, 2.24) is 19.6 Å². The van der Waals surface area contributed by atoms with Crippen molar-refractivity contribution in [2.75, 3.05) is 26.2 Å². The van der Waals surface area contributed by atoms with Gasteiger partial charge in [-0.05, 0) is 24.3 Å². The fraction of sp³-hybridized carbons (Fsp3) is 0.238. The van der Waals surface area contributed by atoms with Gasteiger partial charge in [0.25, 0.3) is 11.5 Å². The zero-order valence-corrected chi connectivity index (χ0v) is 17.4. The molecular weight excluding hydrogens is 427 g/mol. The predicted octanol–water partition coefficient (Wildman–Crippen LogP) is 2.69. The summed E-state index contributed by atoms with van der Waals surface area (Å²) >= 11 is 12.0. The highest BCUT2D eigenvalue weighted by atomic mass is 35.5. The number of benzene rings is 2. The lowest BCUT2D eigenvalue weighted by atomic mass is 10.2. The van der Waals surface area contributed by atoms with Crippen molar-refractivity contribution in [3.05, 3.63) is 74.6 Å². The molecule has 2 heterocycles. The van der Waals surface area contributed by atoms with Gasteiger partial charge in [0.1, 0.15) is 6.54 Å². The van der Waals surface area contributed by atoms with E-state index in [4.69, 9.17) is 23.2 Å². The molecule has 0 radical (unpaired) electrons. The van der Waals surface area contributed by atoms with Crippen LogP contribution in [0, 0.1) is 0 Å². The number of piperazine rings is 1. The Balaban J connectivity index is 1.40. The molecule has 0 atom stereocenters. The van der Waals surface area contributed by atoms with Crippen LogP contribution in [0.3, 0.4) is 0 Å². The molecule has 1 aliphatic rings. The van der Waals surface area contributed by atoms with E-state index in [2.05, 4.69) is 5.10 Å². The Hall–Kier alpha value is -2.90. The number of rotatable bonds is 3. The van der Waals surface area contributed by atoms with E-state index in [1.54, 1.807) is 52.4 Å². The molecular formula is C21H18Cl2N4O3. The highest BCUT2D eigenvalue weighted by molar-refractivity contribution is 6.35. The highest BCUT2D eigenvalue weighted by Crippen LogP contribution is 2.20. The molecule has 2 aromatic carbocycles. The van der Waals surface area contributed by atoms with Crippen LogP contribution in [0.1, 0.15) is 10.4 Å². The van der Waals surface area contributed by atoms with E-state index in [0.717, 1.165) is 5.39 Å². The second-order valence-corrected chi connectivity index (χ2v) is 7.90. The maximum absolute atomic E-state index is 12.7. The minimum absolute atomic E-state index is 0.137. The molecule has 0 bridgehead atoms. The van der Waals surface area contributed by atoms with Gasteiger partial charge in [-0.2, -0.15) is 5.10 Å². The van der Waals surface area contributed by atoms with Crippen molar-refractivity contribution < 1.29 is 9.59 Å². The van der Waals surface area contributed by atoms with E-state index in [1.807, 2.05) is 6.07 Å². The Morgan fingerprint density at radius 3 is 2.27 bits per heavy atom. The van der Waals surface area contributed by atoms with Gasteiger partial charge in [0, 0.05) is 47.2 Å². The van der Waals surface area contributed by atoms with Gasteiger partial charge < -0.3 is 9.80 Å². The monoisotopic (exact) mass is 444 g/mol. The Bertz CT molecular complexity index is 1170. The van der Waals surface area contributed by atoms with Crippen LogP contribution in [-0.4, -0.2) is 57.6 Å². The average molecular weight is 445 g/mol. The van der Waals surface area contributed by atoms with Crippen LogP contribution in [-0.2, 0) is 11.3 Å². The molecule has 154 valence electrons. The molecule has 0 unspecified atom stereocenters. The first kappa shape index (κ1) is 20.4. The van der Waals surface area contributed by atoms with E-state index >= 15 is 0 Å². The third-order valence-electron chi connectivity index (χ3n) is 5.08. The Morgan fingerprint density at radius 2 is 1.57 bits per heavy atom. The number of hydrogen-bond donors (Lipinski definition) is 0. The standard InChI is InChI=1S/C21H18Cl2N4O3/c22-16-9-15(10-17(23)11-16)20(29)26-7-5-25(6-8-26)19(28)13-27-21(30)18-4-2-1-3-14(18)12-24-27/h1-4,9-12H,5-8,13H2. The Labute approximate surface area is 182 Å². The lowest BCUT2D eigenvalue weighted by molar-refractivity contribution is -0.133. The first-order valence-electron chi connectivity index (χ1n) is 9.40. The van der Waals surface area contributed by atoms with Crippen LogP contribution in [0.2, 0.25) is 10.0 Å². The number of carbonyl (C=O) groups excluding carboxylic acids is 2. The third kappa shape index (κ3) is 4.17. The molecule has 0 N–H and O–H groups in total. The number of hydrogen-bond acceptors (Lipinski definition) is 4. The minimum atomic E-state index is -0.298. The molecule has 1 aliphatic heterocycles. The zero-order valence-electron chi connectivity index (χ0n) is 15.9. The second kappa shape index (κ2) is 8.45. The Morgan fingerprint density at radius 1 is 0.933 bits per heavy atom. The van der Waals surface area contributed by atoms with E-state index < -0.39 is 0 Å². The average Bonchev–Trinajstić information content (AvgIpc) is 2.75. The molecule has 2 amide bonds. The first-order valence-corrected chi connectivity index (χ1v) is 10.2. The predicted molar refractivity (Wildman–Crippen MR) is 115 cm³/mol. The topological polar surface area (TPSA) is 75.5 Å². The van der Waals surface area contributed by atoms with Crippen molar-refractivity contribution in [3.63, 3.8) is 0 Å². The van der Waals surface area contributed by atoms with Gasteiger partial charge in [0.05, 0.1) is 11.6 Å². The van der Waals surface area contributed by atoms with Gasteiger partial charge in [-0.15, -0.1) is 0 Å². The van der Waals surface area contributed by atoms with Crippen LogP contribution >= 0.6 is 23.2 Å². The van der Waals surface area contributed by atoms with E-state index in [-0.39, 0.29) is 23.9 Å². The summed E-state index contributed by atoms with van der Waals surface area (Å²) in [5.41, 5.74) is 0.118. The molecule has 1 aromatic heterocycles. The molecule has 4 rings (SSSR count). The molecule has 30 heavy (non-hydrogen) atoms. The van der Waals surface area contributed by atoms with Crippen LogP contribution < -0.4 is 5.56 Å². The summed E-state index contributed by atoms with van der Waals surface area (Å²) in [4.78, 5) is 41.2. The molecule has 0 spiro atoms. The summed E-state index contributed by atoms with van der Waals surface area (Å²) in [5.74, 6) is -0.392. The number of amides is 2. The van der Waals surface area contributed by atoms with Crippen LogP contribution in [0.15, 0.2) is 53.5 Å². The van der Waals surface area contributed by atoms with E-state index in [1.165, 1.54) is 4.68 Å². The fourth-order valence-corrected chi connectivity index (χ4v) is 4.01. The van der Waals surface area contributed by atoms with Gasteiger partial charge in [-0.25, -0.2) is 4.68 Å². The van der Waals surface area contributed by atoms with Crippen molar-refractivity contribution in [3.8, 4) is 0 Å². The smallest absolute Gasteiger partial charge is 0.275 e. The largest absolute Gasteiger partial charge is 0.338 e. The van der Waals surface area contributed by atoms with Crippen molar-refractivity contribution in [2.24, 2.45) is 0 Å². The summed E-state index contributed by atoms with van der Waals surface area (Å²) in [6, 6.07) is 11.8. The quantitative estimate of drug-likeness (QED) is 0.622. The van der Waals surface area contributed by atoms with Crippen LogP contribution in [0.25, 0.3) is 10.8 Å². The molecule has 7 nitrogen and oxygen atoms in total. The number of nitrogens with zero attached hydrogens (tertiary/aromatic N) is 4. The second-order valence-electron chi connectivity index (χ2n) is 7.03. The molecule has 3 aromatic rings. The number of carbonyl (C=O) groups is 2. The summed E-state index contributed by atoms with van der Waals surface area (Å²) in [7, 11) is 0. The van der Waals surface area contributed by atoms with Crippen LogP contribution in [0.5, 0.6) is 0 Å². The number of fused-ring (bicyclic) bond motifs is 1. The molecule has 9 heteroatoms. The maximum atomic E-state index is 12.7. The summed E-state index contributed by atoms with van der Waals surface area (Å²) in [5, 5.41) is 6.16. The normalized spacial score (nSPS) is 14.2. The minimum Gasteiger partial charge on any atom is -0.338 e. The lowest BCUT2D eigenvalue weighted by Gasteiger charge is -2.34. The first-order chi connectivity index (χ1) is 14.4. The summed E-state index contributed by atoms with van der Waals surface area (Å²) in [6.45, 7) is 1.38. The van der Waals surface area contributed by atoms with Gasteiger partial charge in [0.2, 0.25) is 5.91 Å². The van der Waals surface area contributed by atoms with Gasteiger partial charge in [0.15, 0.2) is 0 Å². The molecule has 1 fully saturated rings. The maximum Gasteiger partial charge on any atom is 0.275 e. The fourth-order valence-electron chi connectivity index (χ4n) is 3.49. The van der Waals surface area contributed by atoms with Gasteiger partial charge >= 0.3 is 0 Å². The molecule has 0 aliphatic carbocycles. The van der Waals surface area contributed by atoms with Crippen LogP contribution in [0.4, 0.5) is 0 Å². The van der Waals surface area contributed by atoms with Crippen molar-refractivity contribution in [2.45, 2.75) is 6.54 Å². The molecule has 0 saturated carbocycles. The number of aromatic nitrogens is 2. The Kier molecular flexibility index (Phi) is 5.74. The molecule has 1 saturated heterocycles. The third-order valence-corrected chi connectivity index (χ3v) is 5.51.